The van der Waals surface area contributed by atoms with Gasteiger partial charge in [-0.05, 0) is 111 Å². The standard InChI is InChI=1S/C22H24N2O2S.C11H16.Ru/c1-16-13-17(2)15-20(14-16)27(25,26)24-22(19-11-7-4-8-12-19)21(23)18-9-5-3-6-10-18;1-7-6-8(2)10(4)11(5)9(7)3;/h3-15,21-22,24H,23H2,1-2H3;6H,1-5H3;/t21-,22-;;/m1../s1. The second-order valence-corrected chi connectivity index (χ2v) is 11.9. The maximum Gasteiger partial charge on any atom is 0.241 e. The van der Waals surface area contributed by atoms with Crippen LogP contribution in [0, 0.1) is 48.5 Å². The van der Waals surface area contributed by atoms with E-state index in [1.54, 1.807) is 12.1 Å². The van der Waals surface area contributed by atoms with Crippen molar-refractivity contribution in [3.63, 3.8) is 0 Å². The van der Waals surface area contributed by atoms with Crippen molar-refractivity contribution < 1.29 is 27.9 Å². The number of hydrogen-bond donors (Lipinski definition) is 2. The van der Waals surface area contributed by atoms with Crippen molar-refractivity contribution in [1.29, 1.82) is 0 Å². The van der Waals surface area contributed by atoms with Gasteiger partial charge in [0.05, 0.1) is 17.0 Å². The van der Waals surface area contributed by atoms with E-state index in [0.717, 1.165) is 22.3 Å². The van der Waals surface area contributed by atoms with Gasteiger partial charge in [0.2, 0.25) is 10.0 Å². The number of aryl methyl sites for hydroxylation is 4. The summed E-state index contributed by atoms with van der Waals surface area (Å²) in [5, 5.41) is 0. The molecule has 208 valence electrons. The Balaban J connectivity index is 0.000000375. The molecule has 0 saturated heterocycles. The van der Waals surface area contributed by atoms with Gasteiger partial charge < -0.3 is 5.73 Å². The molecule has 0 fully saturated rings. The van der Waals surface area contributed by atoms with Crippen molar-refractivity contribution in [3.05, 3.63) is 135 Å². The van der Waals surface area contributed by atoms with Crippen LogP contribution in [0.2, 0.25) is 0 Å². The number of nitrogens with two attached hydrogens (primary N) is 1. The van der Waals surface area contributed by atoms with E-state index in [-0.39, 0.29) is 24.4 Å². The van der Waals surface area contributed by atoms with E-state index < -0.39 is 22.1 Å². The number of nitrogens with one attached hydrogen (secondary N) is 1. The van der Waals surface area contributed by atoms with E-state index in [9.17, 15) is 8.42 Å². The summed E-state index contributed by atoms with van der Waals surface area (Å²) in [4.78, 5) is 0.251. The summed E-state index contributed by atoms with van der Waals surface area (Å²) in [7, 11) is -3.74. The van der Waals surface area contributed by atoms with Crippen LogP contribution >= 0.6 is 0 Å². The molecule has 4 nitrogen and oxygen atoms in total. The second-order valence-electron chi connectivity index (χ2n) is 10.2. The molecular formula is C33H40N2O2RuS. The summed E-state index contributed by atoms with van der Waals surface area (Å²) >= 11 is 0. The zero-order valence-electron chi connectivity index (χ0n) is 23.9. The third kappa shape index (κ3) is 8.43. The van der Waals surface area contributed by atoms with Gasteiger partial charge in [0.1, 0.15) is 0 Å². The van der Waals surface area contributed by atoms with Gasteiger partial charge in [-0.1, -0.05) is 72.8 Å². The average Bonchev–Trinajstić information content (AvgIpc) is 2.90. The fraction of sp³-hybridized carbons (Fsp3) is 0.273. The van der Waals surface area contributed by atoms with Crippen LogP contribution in [0.5, 0.6) is 0 Å². The normalized spacial score (nSPS) is 12.5. The number of sulfonamides is 1. The summed E-state index contributed by atoms with van der Waals surface area (Å²) in [6.07, 6.45) is 0. The maximum absolute atomic E-state index is 13.1. The van der Waals surface area contributed by atoms with Gasteiger partial charge in [0.15, 0.2) is 0 Å². The molecule has 4 aromatic carbocycles. The largest absolute Gasteiger partial charge is 0.322 e. The zero-order chi connectivity index (χ0) is 28.0. The predicted octanol–water partition coefficient (Wildman–Crippen LogP) is 7.25. The molecular weight excluding hydrogens is 590 g/mol. The first kappa shape index (κ1) is 32.6. The molecule has 0 unspecified atom stereocenters. The van der Waals surface area contributed by atoms with Crippen LogP contribution in [0.25, 0.3) is 0 Å². The third-order valence-corrected chi connectivity index (χ3v) is 8.65. The van der Waals surface area contributed by atoms with Crippen LogP contribution in [0.15, 0.2) is 89.8 Å². The molecule has 0 aliphatic rings. The molecule has 4 aromatic rings. The summed E-state index contributed by atoms with van der Waals surface area (Å²) < 4.78 is 29.0. The topological polar surface area (TPSA) is 72.2 Å². The fourth-order valence-corrected chi connectivity index (χ4v) is 6.05. The predicted molar refractivity (Wildman–Crippen MR) is 159 cm³/mol. The van der Waals surface area contributed by atoms with Crippen molar-refractivity contribution >= 4 is 10.0 Å². The Labute approximate surface area is 247 Å². The molecule has 3 N–H and O–H groups in total. The van der Waals surface area contributed by atoms with E-state index in [1.807, 2.05) is 80.6 Å². The molecule has 2 atom stereocenters. The van der Waals surface area contributed by atoms with E-state index in [0.29, 0.717) is 0 Å². The Morgan fingerprint density at radius 1 is 0.615 bits per heavy atom. The molecule has 39 heavy (non-hydrogen) atoms. The monoisotopic (exact) mass is 630 g/mol. The molecule has 0 radical (unpaired) electrons. The summed E-state index contributed by atoms with van der Waals surface area (Å²) in [6, 6.07) is 25.4. The van der Waals surface area contributed by atoms with E-state index in [4.69, 9.17) is 5.73 Å². The zero-order valence-corrected chi connectivity index (χ0v) is 26.4. The molecule has 0 heterocycles. The second kappa shape index (κ2) is 14.1. The van der Waals surface area contributed by atoms with Gasteiger partial charge in [0, 0.05) is 19.5 Å². The molecule has 0 bridgehead atoms. The van der Waals surface area contributed by atoms with Crippen molar-refractivity contribution in [3.8, 4) is 0 Å². The molecule has 0 spiro atoms. The van der Waals surface area contributed by atoms with E-state index >= 15 is 0 Å². The smallest absolute Gasteiger partial charge is 0.241 e. The quantitative estimate of drug-likeness (QED) is 0.221. The van der Waals surface area contributed by atoms with Crippen LogP contribution in [0.1, 0.15) is 62.2 Å². The first-order valence-electron chi connectivity index (χ1n) is 12.9. The van der Waals surface area contributed by atoms with E-state index in [2.05, 4.69) is 45.4 Å². The van der Waals surface area contributed by atoms with Gasteiger partial charge in [-0.25, -0.2) is 13.1 Å². The molecule has 0 saturated carbocycles. The first-order chi connectivity index (χ1) is 17.9. The molecule has 0 aromatic heterocycles. The minimum atomic E-state index is -3.74. The van der Waals surface area contributed by atoms with Crippen LogP contribution < -0.4 is 10.5 Å². The Hall–Kier alpha value is -2.63. The Morgan fingerprint density at radius 2 is 1.05 bits per heavy atom. The van der Waals surface area contributed by atoms with Crippen molar-refractivity contribution in [2.75, 3.05) is 0 Å². The minimum Gasteiger partial charge on any atom is -0.322 e. The Bertz CT molecular complexity index is 1440. The maximum atomic E-state index is 13.1. The number of rotatable bonds is 6. The van der Waals surface area contributed by atoms with Crippen LogP contribution in [0.4, 0.5) is 0 Å². The van der Waals surface area contributed by atoms with Crippen LogP contribution in [-0.4, -0.2) is 8.42 Å². The third-order valence-electron chi connectivity index (χ3n) is 7.23. The van der Waals surface area contributed by atoms with Gasteiger partial charge in [-0.15, -0.1) is 0 Å². The van der Waals surface area contributed by atoms with Crippen molar-refractivity contribution in [1.82, 2.24) is 4.72 Å². The summed E-state index contributed by atoms with van der Waals surface area (Å²) in [5.74, 6) is 0. The van der Waals surface area contributed by atoms with Gasteiger partial charge in [-0.3, -0.25) is 0 Å². The van der Waals surface area contributed by atoms with Crippen molar-refractivity contribution in [2.45, 2.75) is 65.4 Å². The molecule has 0 amide bonds. The molecule has 0 aliphatic carbocycles. The van der Waals surface area contributed by atoms with Gasteiger partial charge in [0.25, 0.3) is 0 Å². The van der Waals surface area contributed by atoms with Crippen molar-refractivity contribution in [2.24, 2.45) is 5.73 Å². The van der Waals surface area contributed by atoms with Gasteiger partial charge >= 0.3 is 0 Å². The fourth-order valence-electron chi connectivity index (χ4n) is 4.61. The summed E-state index contributed by atoms with van der Waals surface area (Å²) in [6.45, 7) is 14.7. The molecule has 6 heteroatoms. The van der Waals surface area contributed by atoms with Crippen LogP contribution in [-0.2, 0) is 29.5 Å². The average molecular weight is 630 g/mol. The first-order valence-corrected chi connectivity index (χ1v) is 14.4. The minimum absolute atomic E-state index is 0. The van der Waals surface area contributed by atoms with E-state index in [1.165, 1.54) is 27.8 Å². The SMILES string of the molecule is Cc1cc(C)c(C)c(C)c1C.Cc1cc(C)cc(S(=O)(=O)N[C@H](c2ccccc2)[C@H](N)c2ccccc2)c1.[Ru]. The Kier molecular flexibility index (Phi) is 11.8. The summed E-state index contributed by atoms with van der Waals surface area (Å²) in [5.41, 5.74) is 17.1. The number of hydrogen-bond acceptors (Lipinski definition) is 3. The number of benzene rings is 4. The van der Waals surface area contributed by atoms with Gasteiger partial charge in [-0.2, -0.15) is 0 Å². The van der Waals surface area contributed by atoms with Crippen LogP contribution in [0.3, 0.4) is 0 Å². The Morgan fingerprint density at radius 3 is 1.51 bits per heavy atom. The molecule has 4 rings (SSSR count). The molecule has 0 aliphatic heterocycles.